The molecule has 2 aromatic heterocycles. The summed E-state index contributed by atoms with van der Waals surface area (Å²) in [7, 11) is 0. The topological polar surface area (TPSA) is 87.1 Å². The van der Waals surface area contributed by atoms with Crippen LogP contribution in [0, 0.1) is 6.92 Å². The predicted molar refractivity (Wildman–Crippen MR) is 111 cm³/mol. The molecule has 1 aromatic carbocycles. The smallest absolute Gasteiger partial charge is 0.154 e. The van der Waals surface area contributed by atoms with Crippen molar-refractivity contribution in [2.24, 2.45) is 0 Å². The number of piperidine rings is 1. The first-order valence-corrected chi connectivity index (χ1v) is 10.6. The Bertz CT molecular complexity index is 1150. The number of rotatable bonds is 2. The number of fused-ring (bicyclic) bond motifs is 4. The molecule has 5 heterocycles. The Balaban J connectivity index is 1.35. The van der Waals surface area contributed by atoms with Crippen LogP contribution in [-0.4, -0.2) is 56.1 Å². The maximum absolute atomic E-state index is 15.1. The van der Waals surface area contributed by atoms with Crippen molar-refractivity contribution in [2.45, 2.75) is 56.9 Å². The van der Waals surface area contributed by atoms with Gasteiger partial charge >= 0.3 is 0 Å². The van der Waals surface area contributed by atoms with Gasteiger partial charge in [0.2, 0.25) is 0 Å². The molecular weight excluding hydrogens is 383 g/mol. The molecule has 0 saturated carbocycles. The molecule has 7 nitrogen and oxygen atoms in total. The lowest BCUT2D eigenvalue weighted by Gasteiger charge is -2.39. The zero-order chi connectivity index (χ0) is 20.4. The predicted octanol–water partition coefficient (Wildman–Crippen LogP) is 2.69. The second-order valence-electron chi connectivity index (χ2n) is 8.69. The Morgan fingerprint density at radius 1 is 1.17 bits per heavy atom. The van der Waals surface area contributed by atoms with E-state index in [1.54, 1.807) is 18.3 Å². The molecule has 6 rings (SSSR count). The molecule has 2 unspecified atom stereocenters. The fraction of sp³-hybridized carbons (Fsp3) is 0.455. The Kier molecular flexibility index (Phi) is 3.93. The summed E-state index contributed by atoms with van der Waals surface area (Å²) >= 11 is 0. The molecule has 30 heavy (non-hydrogen) atoms. The fourth-order valence-corrected chi connectivity index (χ4v) is 5.27. The third kappa shape index (κ3) is 2.74. The van der Waals surface area contributed by atoms with Crippen LogP contribution in [0.4, 0.5) is 10.2 Å². The number of benzene rings is 1. The lowest BCUT2D eigenvalue weighted by atomic mass is 9.96. The van der Waals surface area contributed by atoms with Gasteiger partial charge in [-0.1, -0.05) is 0 Å². The number of alkyl halides is 1. The van der Waals surface area contributed by atoms with Gasteiger partial charge in [0.25, 0.3) is 0 Å². The van der Waals surface area contributed by atoms with Gasteiger partial charge in [0.15, 0.2) is 5.82 Å². The number of hydrogen-bond acceptors (Lipinski definition) is 7. The van der Waals surface area contributed by atoms with Gasteiger partial charge in [-0.25, -0.2) is 9.37 Å². The average molecular weight is 406 g/mol. The highest BCUT2D eigenvalue weighted by molar-refractivity contribution is 5.84. The van der Waals surface area contributed by atoms with E-state index in [2.05, 4.69) is 30.4 Å². The third-order valence-corrected chi connectivity index (χ3v) is 6.76. The number of nitrogens with zero attached hydrogens (tertiary/aromatic N) is 5. The number of hydrogen-bond donors (Lipinski definition) is 2. The number of aryl methyl sites for hydroxylation is 1. The first-order chi connectivity index (χ1) is 14.6. The molecule has 3 aliphatic rings. The number of halogens is 1. The van der Waals surface area contributed by atoms with Crippen LogP contribution in [0.25, 0.3) is 22.3 Å². The minimum atomic E-state index is -0.886. The average Bonchev–Trinajstić information content (AvgIpc) is 3.34. The summed E-state index contributed by atoms with van der Waals surface area (Å²) in [6, 6.07) is 5.60. The van der Waals surface area contributed by atoms with E-state index in [4.69, 9.17) is 0 Å². The third-order valence-electron chi connectivity index (χ3n) is 6.76. The molecule has 2 fully saturated rings. The molecule has 0 spiro atoms. The van der Waals surface area contributed by atoms with Gasteiger partial charge < -0.3 is 15.3 Å². The van der Waals surface area contributed by atoms with Crippen LogP contribution in [0.3, 0.4) is 0 Å². The number of phenolic OH excluding ortho intramolecular Hbond substituents is 1. The van der Waals surface area contributed by atoms with Crippen LogP contribution < -0.4 is 10.2 Å². The summed E-state index contributed by atoms with van der Waals surface area (Å²) in [6.45, 7) is 2.62. The van der Waals surface area contributed by atoms with Crippen molar-refractivity contribution >= 4 is 16.9 Å². The minimum absolute atomic E-state index is 0.0377. The molecular formula is C22H23FN6O. The summed E-state index contributed by atoms with van der Waals surface area (Å²) in [4.78, 5) is 10.9. The SMILES string of the molecule is Cc1cnc2cc(-c3cc4c(nn3)N([C@@H]3CC5CCC(N5)[C@@H]3F)CC4)c(O)cc2n1. The van der Waals surface area contributed by atoms with Gasteiger partial charge in [0, 0.05) is 42.0 Å². The number of nitrogens with one attached hydrogen (secondary N) is 1. The maximum Gasteiger partial charge on any atom is 0.154 e. The highest BCUT2D eigenvalue weighted by Gasteiger charge is 2.46. The second-order valence-corrected chi connectivity index (χ2v) is 8.69. The van der Waals surface area contributed by atoms with Crippen molar-refractivity contribution in [3.05, 3.63) is 35.7 Å². The Hall–Kier alpha value is -2.87. The molecule has 2 bridgehead atoms. The van der Waals surface area contributed by atoms with Crippen LogP contribution >= 0.6 is 0 Å². The van der Waals surface area contributed by atoms with Crippen LogP contribution in [0.2, 0.25) is 0 Å². The molecule has 154 valence electrons. The Labute approximate surface area is 173 Å². The quantitative estimate of drug-likeness (QED) is 0.677. The van der Waals surface area contributed by atoms with Crippen LogP contribution in [-0.2, 0) is 6.42 Å². The van der Waals surface area contributed by atoms with Crippen LogP contribution in [0.15, 0.2) is 24.4 Å². The summed E-state index contributed by atoms with van der Waals surface area (Å²) in [5.41, 5.74) is 4.36. The first-order valence-electron chi connectivity index (χ1n) is 10.6. The van der Waals surface area contributed by atoms with E-state index in [0.29, 0.717) is 28.3 Å². The van der Waals surface area contributed by atoms with Gasteiger partial charge in [0.1, 0.15) is 11.9 Å². The van der Waals surface area contributed by atoms with E-state index < -0.39 is 6.17 Å². The molecule has 3 aliphatic heterocycles. The Morgan fingerprint density at radius 3 is 2.97 bits per heavy atom. The molecule has 3 aromatic rings. The van der Waals surface area contributed by atoms with E-state index in [9.17, 15) is 5.11 Å². The van der Waals surface area contributed by atoms with E-state index in [-0.39, 0.29) is 17.8 Å². The summed E-state index contributed by atoms with van der Waals surface area (Å²) < 4.78 is 15.1. The van der Waals surface area contributed by atoms with Crippen LogP contribution in [0.1, 0.15) is 30.5 Å². The summed E-state index contributed by atoms with van der Waals surface area (Å²) in [5.74, 6) is 0.883. The molecule has 0 radical (unpaired) electrons. The first kappa shape index (κ1) is 17.9. The number of anilines is 1. The summed E-state index contributed by atoms with van der Waals surface area (Å²) in [5, 5.41) is 22.8. The zero-order valence-electron chi connectivity index (χ0n) is 16.7. The van der Waals surface area contributed by atoms with Crippen molar-refractivity contribution in [3.8, 4) is 17.0 Å². The normalized spacial score (nSPS) is 27.6. The van der Waals surface area contributed by atoms with E-state index in [1.165, 1.54) is 0 Å². The minimum Gasteiger partial charge on any atom is -0.507 e. The van der Waals surface area contributed by atoms with Gasteiger partial charge in [-0.2, -0.15) is 0 Å². The van der Waals surface area contributed by atoms with Gasteiger partial charge in [-0.05, 0) is 44.7 Å². The van der Waals surface area contributed by atoms with E-state index >= 15 is 4.39 Å². The monoisotopic (exact) mass is 406 g/mol. The van der Waals surface area contributed by atoms with E-state index in [1.807, 2.05) is 13.0 Å². The van der Waals surface area contributed by atoms with Gasteiger partial charge in [-0.3, -0.25) is 4.98 Å². The molecule has 2 N–H and O–H groups in total. The zero-order valence-corrected chi connectivity index (χ0v) is 16.7. The number of aromatic hydroxyl groups is 1. The van der Waals surface area contributed by atoms with Crippen molar-refractivity contribution < 1.29 is 9.50 Å². The second kappa shape index (κ2) is 6.57. The standard InChI is InChI=1S/C22H23FN6O/c1-11-10-24-17-8-14(20(30)9-18(17)25-11)16-6-12-4-5-29(22(12)28-27-16)19-7-13-2-3-15(26-13)21(19)23/h6,8-10,13,15,19,21,26,30H,2-5,7H2,1H3/t13?,15?,19-,21+/m1/s1. The van der Waals surface area contributed by atoms with Crippen molar-refractivity contribution in [3.63, 3.8) is 0 Å². The van der Waals surface area contributed by atoms with Crippen LogP contribution in [0.5, 0.6) is 5.75 Å². The maximum atomic E-state index is 15.1. The number of aromatic nitrogens is 4. The largest absolute Gasteiger partial charge is 0.507 e. The molecule has 4 atom stereocenters. The van der Waals surface area contributed by atoms with Gasteiger partial charge in [0.05, 0.1) is 28.5 Å². The van der Waals surface area contributed by atoms with Crippen molar-refractivity contribution in [1.29, 1.82) is 0 Å². The van der Waals surface area contributed by atoms with Crippen molar-refractivity contribution in [2.75, 3.05) is 11.4 Å². The highest BCUT2D eigenvalue weighted by atomic mass is 19.1. The molecule has 8 heteroatoms. The highest BCUT2D eigenvalue weighted by Crippen LogP contribution is 2.39. The lowest BCUT2D eigenvalue weighted by Crippen LogP contribution is -2.56. The summed E-state index contributed by atoms with van der Waals surface area (Å²) in [6.07, 6.45) is 4.40. The molecule has 2 saturated heterocycles. The number of phenols is 1. The Morgan fingerprint density at radius 2 is 2.07 bits per heavy atom. The molecule has 0 amide bonds. The lowest BCUT2D eigenvalue weighted by molar-refractivity contribution is 0.174. The fourth-order valence-electron chi connectivity index (χ4n) is 5.27. The van der Waals surface area contributed by atoms with Crippen molar-refractivity contribution in [1.82, 2.24) is 25.5 Å². The van der Waals surface area contributed by atoms with E-state index in [0.717, 1.165) is 49.3 Å². The molecule has 0 aliphatic carbocycles. The van der Waals surface area contributed by atoms with Gasteiger partial charge in [-0.15, -0.1) is 10.2 Å².